The summed E-state index contributed by atoms with van der Waals surface area (Å²) >= 11 is 1.38. The van der Waals surface area contributed by atoms with Crippen molar-refractivity contribution in [2.45, 2.75) is 31.2 Å². The summed E-state index contributed by atoms with van der Waals surface area (Å²) < 4.78 is 0. The second-order valence-electron chi connectivity index (χ2n) is 4.59. The number of amides is 2. The van der Waals surface area contributed by atoms with Crippen LogP contribution in [-0.2, 0) is 9.59 Å². The molecule has 0 fully saturated rings. The van der Waals surface area contributed by atoms with Crippen molar-refractivity contribution in [2.75, 3.05) is 10.7 Å². The monoisotopic (exact) mass is 292 g/mol. The molecular weight excluding hydrogens is 276 g/mol. The highest BCUT2D eigenvalue weighted by molar-refractivity contribution is 8.00. The Labute approximate surface area is 121 Å². The smallest absolute Gasteiger partial charge is 0.240 e. The van der Waals surface area contributed by atoms with Gasteiger partial charge in [0.25, 0.3) is 0 Å². The number of nitrogens with two attached hydrogens (primary N) is 1. The molecule has 0 spiro atoms. The van der Waals surface area contributed by atoms with E-state index in [0.717, 1.165) is 4.90 Å². The largest absolute Gasteiger partial charge is 0.368 e. The number of rotatable bonds is 4. The molecule has 0 aromatic heterocycles. The van der Waals surface area contributed by atoms with Crippen LogP contribution in [0.3, 0.4) is 0 Å². The minimum atomic E-state index is -0.699. The van der Waals surface area contributed by atoms with Gasteiger partial charge in [0.2, 0.25) is 11.8 Å². The fraction of sp³-hybridized carbons (Fsp3) is 0.357. The average molecular weight is 292 g/mol. The number of anilines is 1. The fourth-order valence-corrected chi connectivity index (χ4v) is 3.04. The van der Waals surface area contributed by atoms with E-state index in [1.165, 1.54) is 16.7 Å². The van der Waals surface area contributed by atoms with Crippen LogP contribution in [0.4, 0.5) is 5.69 Å². The van der Waals surface area contributed by atoms with Gasteiger partial charge in [-0.25, -0.2) is 0 Å². The van der Waals surface area contributed by atoms with Gasteiger partial charge in [0.1, 0.15) is 6.04 Å². The number of ketones is 1. The molecule has 2 amide bonds. The molecule has 1 aromatic rings. The highest BCUT2D eigenvalue weighted by Gasteiger charge is 2.31. The lowest BCUT2D eigenvalue weighted by molar-refractivity contribution is -0.123. The third-order valence-electron chi connectivity index (χ3n) is 3.28. The first-order chi connectivity index (χ1) is 9.45. The topological polar surface area (TPSA) is 80.5 Å². The Kier molecular flexibility index (Phi) is 4.13. The van der Waals surface area contributed by atoms with Crippen LogP contribution in [0.15, 0.2) is 23.1 Å². The van der Waals surface area contributed by atoms with Gasteiger partial charge in [-0.2, -0.15) is 0 Å². The molecule has 20 heavy (non-hydrogen) atoms. The van der Waals surface area contributed by atoms with Crippen molar-refractivity contribution in [3.05, 3.63) is 23.8 Å². The number of thioether (sulfide) groups is 1. The molecular formula is C14H16N2O3S. The Hall–Kier alpha value is -1.82. The van der Waals surface area contributed by atoms with Crippen molar-refractivity contribution in [1.82, 2.24) is 0 Å². The maximum atomic E-state index is 12.0. The lowest BCUT2D eigenvalue weighted by atomic mass is 10.1. The zero-order valence-electron chi connectivity index (χ0n) is 11.4. The SMILES string of the molecule is CCC(=O)c1ccc2c(c1)SCC(=O)N2C(C)C(N)=O. The molecule has 2 N–H and O–H groups in total. The molecule has 5 nitrogen and oxygen atoms in total. The van der Waals surface area contributed by atoms with Gasteiger partial charge < -0.3 is 5.73 Å². The molecule has 0 radical (unpaired) electrons. The summed E-state index contributed by atoms with van der Waals surface area (Å²) in [5.41, 5.74) is 6.56. The van der Waals surface area contributed by atoms with E-state index in [1.54, 1.807) is 32.0 Å². The van der Waals surface area contributed by atoms with Crippen molar-refractivity contribution < 1.29 is 14.4 Å². The number of carbonyl (C=O) groups excluding carboxylic acids is 3. The van der Waals surface area contributed by atoms with Crippen LogP contribution >= 0.6 is 11.8 Å². The van der Waals surface area contributed by atoms with Crippen molar-refractivity contribution >= 4 is 35.0 Å². The molecule has 6 heteroatoms. The number of primary amides is 1. The highest BCUT2D eigenvalue weighted by Crippen LogP contribution is 2.37. The molecule has 1 atom stereocenters. The molecule has 1 aliphatic rings. The summed E-state index contributed by atoms with van der Waals surface area (Å²) in [6.07, 6.45) is 0.434. The van der Waals surface area contributed by atoms with Gasteiger partial charge >= 0.3 is 0 Å². The second kappa shape index (κ2) is 5.66. The van der Waals surface area contributed by atoms with E-state index in [4.69, 9.17) is 5.73 Å². The minimum Gasteiger partial charge on any atom is -0.368 e. The zero-order valence-corrected chi connectivity index (χ0v) is 12.2. The van der Waals surface area contributed by atoms with Crippen molar-refractivity contribution in [3.8, 4) is 0 Å². The lowest BCUT2D eigenvalue weighted by Crippen LogP contribution is -2.48. The van der Waals surface area contributed by atoms with Crippen molar-refractivity contribution in [1.29, 1.82) is 0 Å². The second-order valence-corrected chi connectivity index (χ2v) is 5.61. The van der Waals surface area contributed by atoms with Crippen molar-refractivity contribution in [3.63, 3.8) is 0 Å². The Morgan fingerprint density at radius 2 is 2.15 bits per heavy atom. The summed E-state index contributed by atoms with van der Waals surface area (Å²) in [6.45, 7) is 3.41. The summed E-state index contributed by atoms with van der Waals surface area (Å²) in [5, 5.41) is 0. The number of hydrogen-bond acceptors (Lipinski definition) is 4. The first kappa shape index (κ1) is 14.6. The fourth-order valence-electron chi connectivity index (χ4n) is 2.10. The summed E-state index contributed by atoms with van der Waals surface area (Å²) in [4.78, 5) is 37.3. The van der Waals surface area contributed by atoms with Crippen LogP contribution < -0.4 is 10.6 Å². The molecule has 0 saturated heterocycles. The third-order valence-corrected chi connectivity index (χ3v) is 4.31. The first-order valence-corrected chi connectivity index (χ1v) is 7.35. The first-order valence-electron chi connectivity index (χ1n) is 6.37. The van der Waals surface area contributed by atoms with E-state index in [0.29, 0.717) is 17.7 Å². The van der Waals surface area contributed by atoms with Crippen LogP contribution in [0.5, 0.6) is 0 Å². The van der Waals surface area contributed by atoms with Gasteiger partial charge in [0, 0.05) is 16.9 Å². The Morgan fingerprint density at radius 1 is 1.45 bits per heavy atom. The van der Waals surface area contributed by atoms with E-state index in [1.807, 2.05) is 0 Å². The molecule has 1 unspecified atom stereocenters. The number of hydrogen-bond donors (Lipinski definition) is 1. The van der Waals surface area contributed by atoms with Gasteiger partial charge in [-0.15, -0.1) is 11.8 Å². The van der Waals surface area contributed by atoms with E-state index in [-0.39, 0.29) is 17.4 Å². The Bertz CT molecular complexity index is 586. The van der Waals surface area contributed by atoms with Crippen LogP contribution in [-0.4, -0.2) is 29.4 Å². The molecule has 106 valence electrons. The average Bonchev–Trinajstić information content (AvgIpc) is 2.45. The van der Waals surface area contributed by atoms with Crippen LogP contribution in [0, 0.1) is 0 Å². The molecule has 0 aliphatic carbocycles. The number of nitrogens with zero attached hydrogens (tertiary/aromatic N) is 1. The van der Waals surface area contributed by atoms with E-state index in [9.17, 15) is 14.4 Å². The summed E-state index contributed by atoms with van der Waals surface area (Å²) in [6, 6.07) is 4.47. The summed E-state index contributed by atoms with van der Waals surface area (Å²) in [5.74, 6) is -0.401. The van der Waals surface area contributed by atoms with E-state index in [2.05, 4.69) is 0 Å². The predicted octanol–water partition coefficient (Wildman–Crippen LogP) is 1.59. The Morgan fingerprint density at radius 3 is 2.75 bits per heavy atom. The van der Waals surface area contributed by atoms with Crippen molar-refractivity contribution in [2.24, 2.45) is 5.73 Å². The summed E-state index contributed by atoms with van der Waals surface area (Å²) in [7, 11) is 0. The van der Waals surface area contributed by atoms with E-state index < -0.39 is 11.9 Å². The molecule has 1 aromatic carbocycles. The Balaban J connectivity index is 2.44. The molecule has 0 bridgehead atoms. The quantitative estimate of drug-likeness (QED) is 0.855. The number of Topliss-reactive ketones (excluding diaryl/α,β-unsaturated/α-hetero) is 1. The number of benzene rings is 1. The minimum absolute atomic E-state index is 0.0554. The van der Waals surface area contributed by atoms with Crippen LogP contribution in [0.1, 0.15) is 30.6 Å². The molecule has 1 aliphatic heterocycles. The molecule has 0 saturated carbocycles. The maximum absolute atomic E-state index is 12.0. The van der Waals surface area contributed by atoms with Gasteiger partial charge in [-0.1, -0.05) is 6.92 Å². The molecule has 2 rings (SSSR count). The zero-order chi connectivity index (χ0) is 14.9. The van der Waals surface area contributed by atoms with Crippen LogP contribution in [0.2, 0.25) is 0 Å². The van der Waals surface area contributed by atoms with Gasteiger partial charge in [0.15, 0.2) is 5.78 Å². The highest BCUT2D eigenvalue weighted by atomic mass is 32.2. The van der Waals surface area contributed by atoms with Gasteiger partial charge in [-0.3, -0.25) is 19.3 Å². The lowest BCUT2D eigenvalue weighted by Gasteiger charge is -2.32. The predicted molar refractivity (Wildman–Crippen MR) is 77.9 cm³/mol. The standard InChI is InChI=1S/C14H16N2O3S/c1-3-11(17)9-4-5-10-12(6-9)20-7-13(18)16(10)8(2)14(15)19/h4-6,8H,3,7H2,1-2H3,(H2,15,19). The van der Waals surface area contributed by atoms with E-state index >= 15 is 0 Å². The normalized spacial score (nSPS) is 15.7. The molecule has 1 heterocycles. The van der Waals surface area contributed by atoms with Gasteiger partial charge in [0.05, 0.1) is 11.4 Å². The number of fused-ring (bicyclic) bond motifs is 1. The van der Waals surface area contributed by atoms with Crippen LogP contribution in [0.25, 0.3) is 0 Å². The maximum Gasteiger partial charge on any atom is 0.240 e. The third kappa shape index (κ3) is 2.56. The van der Waals surface area contributed by atoms with Gasteiger partial charge in [-0.05, 0) is 25.1 Å². The number of carbonyl (C=O) groups is 3.